The maximum Gasteiger partial charge on any atom is 0.490 e. The first-order chi connectivity index (χ1) is 30.9. The number of carbonyl (C=O) groups excluding carboxylic acids is 2. The second-order valence-electron chi connectivity index (χ2n) is 12.8. The highest BCUT2D eigenvalue weighted by Crippen LogP contribution is 2.22. The van der Waals surface area contributed by atoms with Crippen molar-refractivity contribution in [2.24, 2.45) is 21.5 Å². The summed E-state index contributed by atoms with van der Waals surface area (Å²) in [5.41, 5.74) is 25.0. The summed E-state index contributed by atoms with van der Waals surface area (Å²) in [4.78, 5) is 78.9. The number of aliphatic imine (C=N–C) groups is 2. The van der Waals surface area contributed by atoms with E-state index in [4.69, 9.17) is 62.5 Å². The molecular weight excluding hydrogens is 1000 g/mol. The predicted molar refractivity (Wildman–Crippen MR) is 220 cm³/mol. The fourth-order valence-corrected chi connectivity index (χ4v) is 5.76. The topological polar surface area (TPSA) is 362 Å². The van der Waals surface area contributed by atoms with Crippen LogP contribution in [0.5, 0.6) is 0 Å². The summed E-state index contributed by atoms with van der Waals surface area (Å²) < 4.78 is 127. The summed E-state index contributed by atoms with van der Waals surface area (Å²) in [6.07, 6.45) is -10.7. The van der Waals surface area contributed by atoms with E-state index >= 15 is 0 Å². The zero-order valence-corrected chi connectivity index (χ0v) is 37.2. The molecule has 20 nitrogen and oxygen atoms in total. The van der Waals surface area contributed by atoms with Gasteiger partial charge < -0.3 is 43.4 Å². The lowest BCUT2D eigenvalue weighted by molar-refractivity contribution is -0.193. The van der Waals surface area contributed by atoms with E-state index in [1.54, 1.807) is 0 Å². The highest BCUT2D eigenvalue weighted by atomic mass is 32.1. The minimum Gasteiger partial charge on any atom is -0.475 e. The van der Waals surface area contributed by atoms with Crippen LogP contribution in [0.4, 0.5) is 62.9 Å². The number of anilines is 2. The number of guanidine groups is 2. The third-order valence-electron chi connectivity index (χ3n) is 7.07. The number of hydrogen-bond donors (Lipinski definition) is 10. The number of aliphatic carboxylic acids is 4. The molecule has 2 aromatic rings. The molecule has 0 atom stereocenters. The lowest BCUT2D eigenvalue weighted by Gasteiger charge is -2.06. The van der Waals surface area contributed by atoms with E-state index in [1.165, 1.54) is 22.7 Å². The molecule has 34 heteroatoms. The zero-order chi connectivity index (χ0) is 53.6. The van der Waals surface area contributed by atoms with E-state index in [0.717, 1.165) is 85.4 Å². The molecule has 0 aliphatic rings. The Hall–Kier alpha value is -6.22. The molecule has 14 N–H and O–H groups in total. The van der Waals surface area contributed by atoms with Gasteiger partial charge in [0.1, 0.15) is 0 Å². The number of halogens is 12. The lowest BCUT2D eigenvalue weighted by Crippen LogP contribution is -2.36. The number of unbranched alkanes of at least 4 members (excludes halogenated alkanes) is 5. The zero-order valence-electron chi connectivity index (χ0n) is 35.6. The van der Waals surface area contributed by atoms with Crippen LogP contribution in [0.2, 0.25) is 0 Å². The number of carbonyl (C=O) groups is 6. The van der Waals surface area contributed by atoms with Crippen molar-refractivity contribution in [2.45, 2.75) is 116 Å². The summed E-state index contributed by atoms with van der Waals surface area (Å²) in [5, 5.41) is 35.0. The minimum absolute atomic E-state index is 0.119. The number of carboxylic acids is 4. The van der Waals surface area contributed by atoms with Gasteiger partial charge in [-0.05, 0) is 52.4 Å². The number of thiazole rings is 2. The number of nitrogens with two attached hydrogens (primary N) is 4. The van der Waals surface area contributed by atoms with Crippen LogP contribution in [0.25, 0.3) is 0 Å². The number of amides is 2. The molecule has 0 unspecified atom stereocenters. The molecule has 0 spiro atoms. The Morgan fingerprint density at radius 2 is 0.735 bits per heavy atom. The van der Waals surface area contributed by atoms with Crippen LogP contribution in [0.3, 0.4) is 0 Å². The second kappa shape index (κ2) is 32.5. The number of rotatable bonds is 17. The average Bonchev–Trinajstić information content (AvgIpc) is 3.68. The molecule has 2 heterocycles. The molecule has 68 heavy (non-hydrogen) atoms. The summed E-state index contributed by atoms with van der Waals surface area (Å²) >= 11 is 2.99. The van der Waals surface area contributed by atoms with Gasteiger partial charge in [-0.25, -0.2) is 29.1 Å². The Kier molecular flexibility index (Phi) is 31.5. The largest absolute Gasteiger partial charge is 0.490 e. The number of nitrogen functional groups attached to an aromatic ring is 2. The molecule has 0 aliphatic heterocycles. The van der Waals surface area contributed by atoms with Gasteiger partial charge in [0.05, 0.1) is 11.4 Å². The van der Waals surface area contributed by atoms with Crippen molar-refractivity contribution < 1.29 is 102 Å². The van der Waals surface area contributed by atoms with Crippen molar-refractivity contribution in [3.8, 4) is 0 Å². The van der Waals surface area contributed by atoms with Gasteiger partial charge in [-0.3, -0.25) is 30.2 Å². The number of aromatic nitrogens is 2. The summed E-state index contributed by atoms with van der Waals surface area (Å²) in [7, 11) is 0. The number of carboxylic acid groups (broad SMARTS) is 4. The van der Waals surface area contributed by atoms with Crippen molar-refractivity contribution in [1.29, 1.82) is 0 Å². The van der Waals surface area contributed by atoms with Gasteiger partial charge in [0.15, 0.2) is 22.2 Å². The maximum atomic E-state index is 12.1. The van der Waals surface area contributed by atoms with E-state index in [1.807, 2.05) is 13.8 Å². The maximum absolute atomic E-state index is 12.1. The Morgan fingerprint density at radius 1 is 0.500 bits per heavy atom. The molecule has 0 aromatic carbocycles. The van der Waals surface area contributed by atoms with Crippen LogP contribution >= 0.6 is 22.7 Å². The second-order valence-corrected chi connectivity index (χ2v) is 15.0. The van der Waals surface area contributed by atoms with Crippen molar-refractivity contribution in [1.82, 2.24) is 20.6 Å². The Bertz CT molecular complexity index is 1770. The quantitative estimate of drug-likeness (QED) is 0.0407. The number of alkyl halides is 12. The monoisotopic (exact) mass is 1050 g/mol. The summed E-state index contributed by atoms with van der Waals surface area (Å²) in [6.45, 7) is 4.95. The fourth-order valence-electron chi connectivity index (χ4n) is 4.01. The van der Waals surface area contributed by atoms with Gasteiger partial charge in [0, 0.05) is 35.7 Å². The normalized spacial score (nSPS) is 11.7. The van der Waals surface area contributed by atoms with Crippen LogP contribution in [0, 0.1) is 13.8 Å². The standard InChI is InChI=1S/C26H44N10O2S2.4C2HF3O2/c1-17-19(39-25(29)33-17)11-9-15-31-23(27)35-21(37)13-7-5-3-4-6-8-14-22(38)36-24(28)32-16-10-12-20-18(2)34-26(30)40-20;4*3-2(4,5)1(6)7/h3-16H2,1-2H3,(H2,29,33)(H2,30,34)(H3,27,31,35,37)(H3,28,32,36,38);4*(H,6,7). The molecule has 2 rings (SSSR count). The molecule has 0 radical (unpaired) electrons. The van der Waals surface area contributed by atoms with Gasteiger partial charge in [0.2, 0.25) is 11.8 Å². The average molecular weight is 1050 g/mol. The highest BCUT2D eigenvalue weighted by molar-refractivity contribution is 7.15. The van der Waals surface area contributed by atoms with Gasteiger partial charge in [0.25, 0.3) is 0 Å². The molecule has 0 aliphatic carbocycles. The van der Waals surface area contributed by atoms with E-state index in [-0.39, 0.29) is 23.7 Å². The first-order valence-corrected chi connectivity index (χ1v) is 20.4. The van der Waals surface area contributed by atoms with Crippen LogP contribution in [0.15, 0.2) is 9.98 Å². The van der Waals surface area contributed by atoms with Crippen molar-refractivity contribution >= 4 is 80.5 Å². The molecule has 390 valence electrons. The lowest BCUT2D eigenvalue weighted by atomic mass is 10.1. The molecule has 0 fully saturated rings. The number of nitrogens with one attached hydrogen (secondary N) is 2. The van der Waals surface area contributed by atoms with Crippen LogP contribution < -0.4 is 33.6 Å². The highest BCUT2D eigenvalue weighted by Gasteiger charge is 2.40. The van der Waals surface area contributed by atoms with Crippen molar-refractivity contribution in [3.05, 3.63) is 21.1 Å². The molecule has 2 amide bonds. The summed E-state index contributed by atoms with van der Waals surface area (Å²) in [5.74, 6) is -10.9. The van der Waals surface area contributed by atoms with Gasteiger partial charge in [-0.1, -0.05) is 25.7 Å². The third kappa shape index (κ3) is 36.9. The van der Waals surface area contributed by atoms with Gasteiger partial charge >= 0.3 is 48.6 Å². The van der Waals surface area contributed by atoms with E-state index < -0.39 is 48.6 Å². The number of nitrogens with zero attached hydrogens (tertiary/aromatic N) is 4. The SMILES string of the molecule is Cc1nc(N)sc1CCCN=C(N)NC(=O)CCCCCCCCC(=O)NC(N)=NCCCc1sc(N)nc1C.O=C(O)C(F)(F)F.O=C(O)C(F)(F)F.O=C(O)C(F)(F)F.O=C(O)C(F)(F)F. The Labute approximate surface area is 385 Å². The van der Waals surface area contributed by atoms with Crippen LogP contribution in [0.1, 0.15) is 85.4 Å². The molecule has 0 saturated carbocycles. The first kappa shape index (κ1) is 66.1. The first-order valence-electron chi connectivity index (χ1n) is 18.7. The molecule has 2 aromatic heterocycles. The molecule has 0 saturated heterocycles. The van der Waals surface area contributed by atoms with E-state index in [2.05, 4.69) is 30.6 Å². The van der Waals surface area contributed by atoms with Crippen molar-refractivity contribution in [2.75, 3.05) is 24.6 Å². The third-order valence-corrected chi connectivity index (χ3v) is 9.16. The van der Waals surface area contributed by atoms with Gasteiger partial charge in [-0.15, -0.1) is 22.7 Å². The smallest absolute Gasteiger partial charge is 0.475 e. The van der Waals surface area contributed by atoms with Crippen molar-refractivity contribution in [3.63, 3.8) is 0 Å². The van der Waals surface area contributed by atoms with Crippen LogP contribution in [-0.2, 0) is 41.6 Å². The molecular formula is C34H48F12N10O10S2. The van der Waals surface area contributed by atoms with Gasteiger partial charge in [-0.2, -0.15) is 52.7 Å². The van der Waals surface area contributed by atoms with E-state index in [0.29, 0.717) is 36.2 Å². The van der Waals surface area contributed by atoms with E-state index in [9.17, 15) is 62.3 Å². The molecule has 0 bridgehead atoms. The summed E-state index contributed by atoms with van der Waals surface area (Å²) in [6, 6.07) is 0. The predicted octanol–water partition coefficient (Wildman–Crippen LogP) is 5.46. The Balaban J connectivity index is -0.00000121. The van der Waals surface area contributed by atoms with Crippen LogP contribution in [-0.4, -0.2) is 116 Å². The number of aryl methyl sites for hydroxylation is 4. The minimum atomic E-state index is -5.08. The Morgan fingerprint density at radius 3 is 0.941 bits per heavy atom. The number of hydrogen-bond acceptors (Lipinski definition) is 14. The fraction of sp³-hybridized carbons (Fsp3) is 0.588.